The molecular formula is C10H11N5O3. The van der Waals surface area contributed by atoms with E-state index in [9.17, 15) is 10.1 Å². The third kappa shape index (κ3) is 2.42. The van der Waals surface area contributed by atoms with Gasteiger partial charge in [0.15, 0.2) is 0 Å². The van der Waals surface area contributed by atoms with E-state index < -0.39 is 4.92 Å². The van der Waals surface area contributed by atoms with Gasteiger partial charge in [0.1, 0.15) is 0 Å². The lowest BCUT2D eigenvalue weighted by molar-refractivity contribution is -0.384. The molecule has 0 aliphatic carbocycles. The lowest BCUT2D eigenvalue weighted by Gasteiger charge is -2.08. The third-order valence-electron chi connectivity index (χ3n) is 2.09. The molecule has 0 fully saturated rings. The smallest absolute Gasteiger partial charge is 0.340 e. The molecule has 1 heterocycles. The summed E-state index contributed by atoms with van der Waals surface area (Å²) in [6, 6.07) is 6.13. The Morgan fingerprint density at radius 2 is 2.00 bits per heavy atom. The quantitative estimate of drug-likeness (QED) is 0.599. The standard InChI is InChI=1S/C10H11N5O3/c1-7(2)18-10-11-12-13-14(10)8-3-5-9(6-4-8)15(16)17/h3-7H,1-2H3. The van der Waals surface area contributed by atoms with Crippen molar-refractivity contribution in [2.24, 2.45) is 0 Å². The number of nitro benzene ring substituents is 1. The van der Waals surface area contributed by atoms with Crippen LogP contribution < -0.4 is 4.74 Å². The van der Waals surface area contributed by atoms with Gasteiger partial charge in [-0.25, -0.2) is 0 Å². The van der Waals surface area contributed by atoms with Crippen molar-refractivity contribution in [3.05, 3.63) is 34.4 Å². The van der Waals surface area contributed by atoms with Gasteiger partial charge in [-0.3, -0.25) is 10.1 Å². The van der Waals surface area contributed by atoms with Crippen LogP contribution in [0.25, 0.3) is 5.69 Å². The summed E-state index contributed by atoms with van der Waals surface area (Å²) < 4.78 is 6.79. The molecule has 2 aromatic rings. The Bertz CT molecular complexity index is 549. The van der Waals surface area contributed by atoms with E-state index in [0.29, 0.717) is 5.69 Å². The SMILES string of the molecule is CC(C)Oc1nnnn1-c1ccc([N+](=O)[O-])cc1. The Balaban J connectivity index is 2.31. The Morgan fingerprint density at radius 3 is 2.56 bits per heavy atom. The molecule has 2 rings (SSSR count). The molecule has 0 saturated heterocycles. The first-order valence-corrected chi connectivity index (χ1v) is 5.28. The first-order chi connectivity index (χ1) is 8.58. The van der Waals surface area contributed by atoms with Crippen molar-refractivity contribution in [2.75, 3.05) is 0 Å². The maximum absolute atomic E-state index is 10.5. The highest BCUT2D eigenvalue weighted by atomic mass is 16.6. The van der Waals surface area contributed by atoms with Gasteiger partial charge in [0.05, 0.1) is 16.7 Å². The van der Waals surface area contributed by atoms with Crippen molar-refractivity contribution >= 4 is 5.69 Å². The molecule has 1 aromatic carbocycles. The van der Waals surface area contributed by atoms with Crippen molar-refractivity contribution < 1.29 is 9.66 Å². The molecule has 8 nitrogen and oxygen atoms in total. The summed E-state index contributed by atoms with van der Waals surface area (Å²) in [6.07, 6.45) is -0.0622. The normalized spacial score (nSPS) is 10.6. The molecule has 0 aliphatic heterocycles. The molecule has 0 aliphatic rings. The fraction of sp³-hybridized carbons (Fsp3) is 0.300. The van der Waals surface area contributed by atoms with E-state index in [2.05, 4.69) is 15.5 Å². The van der Waals surface area contributed by atoms with Gasteiger partial charge in [0, 0.05) is 12.1 Å². The third-order valence-corrected chi connectivity index (χ3v) is 2.09. The molecular weight excluding hydrogens is 238 g/mol. The van der Waals surface area contributed by atoms with Gasteiger partial charge in [0.25, 0.3) is 5.69 Å². The van der Waals surface area contributed by atoms with Crippen LogP contribution in [0.4, 0.5) is 5.69 Å². The summed E-state index contributed by atoms with van der Waals surface area (Å²) in [4.78, 5) is 10.1. The number of tetrazole rings is 1. The van der Waals surface area contributed by atoms with Gasteiger partial charge in [-0.1, -0.05) is 5.10 Å². The monoisotopic (exact) mass is 249 g/mol. The van der Waals surface area contributed by atoms with Crippen molar-refractivity contribution in [2.45, 2.75) is 20.0 Å². The molecule has 8 heteroatoms. The zero-order valence-electron chi connectivity index (χ0n) is 9.85. The van der Waals surface area contributed by atoms with E-state index in [1.54, 1.807) is 12.1 Å². The maximum atomic E-state index is 10.5. The second-order valence-corrected chi connectivity index (χ2v) is 3.81. The molecule has 0 bridgehead atoms. The van der Waals surface area contributed by atoms with E-state index in [4.69, 9.17) is 4.74 Å². The van der Waals surface area contributed by atoms with Crippen LogP contribution in [0.5, 0.6) is 6.01 Å². The van der Waals surface area contributed by atoms with Gasteiger partial charge in [-0.2, -0.15) is 4.68 Å². The van der Waals surface area contributed by atoms with Crippen molar-refractivity contribution in [1.82, 2.24) is 20.2 Å². The molecule has 0 spiro atoms. The number of hydrogen-bond acceptors (Lipinski definition) is 6. The van der Waals surface area contributed by atoms with Crippen LogP contribution in [0, 0.1) is 10.1 Å². The highest BCUT2D eigenvalue weighted by Gasteiger charge is 2.12. The fourth-order valence-electron chi connectivity index (χ4n) is 1.34. The van der Waals surface area contributed by atoms with Gasteiger partial charge >= 0.3 is 6.01 Å². The second-order valence-electron chi connectivity index (χ2n) is 3.81. The van der Waals surface area contributed by atoms with Crippen molar-refractivity contribution in [3.8, 4) is 11.7 Å². The number of hydrogen-bond donors (Lipinski definition) is 0. The van der Waals surface area contributed by atoms with Crippen LogP contribution in [-0.4, -0.2) is 31.2 Å². The van der Waals surface area contributed by atoms with E-state index >= 15 is 0 Å². The average molecular weight is 249 g/mol. The second kappa shape index (κ2) is 4.78. The number of non-ortho nitro benzene ring substituents is 1. The average Bonchev–Trinajstić information content (AvgIpc) is 2.76. The van der Waals surface area contributed by atoms with E-state index in [0.717, 1.165) is 0 Å². The highest BCUT2D eigenvalue weighted by Crippen LogP contribution is 2.18. The number of benzene rings is 1. The summed E-state index contributed by atoms with van der Waals surface area (Å²) in [5.41, 5.74) is 0.611. The number of nitro groups is 1. The van der Waals surface area contributed by atoms with Gasteiger partial charge in [-0.05, 0) is 36.4 Å². The van der Waals surface area contributed by atoms with Crippen molar-refractivity contribution in [3.63, 3.8) is 0 Å². The van der Waals surface area contributed by atoms with Crippen LogP contribution in [0.3, 0.4) is 0 Å². The zero-order chi connectivity index (χ0) is 13.1. The van der Waals surface area contributed by atoms with Crippen LogP contribution in [0.1, 0.15) is 13.8 Å². The summed E-state index contributed by atoms with van der Waals surface area (Å²) in [5.74, 6) is 0. The van der Waals surface area contributed by atoms with Gasteiger partial charge in [-0.15, -0.1) is 0 Å². The molecule has 0 amide bonds. The van der Waals surface area contributed by atoms with Crippen LogP contribution >= 0.6 is 0 Å². The lowest BCUT2D eigenvalue weighted by atomic mass is 10.3. The van der Waals surface area contributed by atoms with Crippen molar-refractivity contribution in [1.29, 1.82) is 0 Å². The minimum atomic E-state index is -0.463. The Kier molecular flexibility index (Phi) is 3.18. The maximum Gasteiger partial charge on any atom is 0.340 e. The Hall–Kier alpha value is -2.51. The molecule has 0 unspecified atom stereocenters. The number of rotatable bonds is 4. The van der Waals surface area contributed by atoms with Crippen LogP contribution in [0.2, 0.25) is 0 Å². The minimum Gasteiger partial charge on any atom is -0.460 e. The first-order valence-electron chi connectivity index (χ1n) is 5.28. The van der Waals surface area contributed by atoms with Gasteiger partial charge in [0.2, 0.25) is 0 Å². The number of ether oxygens (including phenoxy) is 1. The molecule has 0 atom stereocenters. The molecule has 0 N–H and O–H groups in total. The molecule has 18 heavy (non-hydrogen) atoms. The highest BCUT2D eigenvalue weighted by molar-refractivity contribution is 5.40. The predicted molar refractivity (Wildman–Crippen MR) is 61.6 cm³/mol. The molecule has 0 radical (unpaired) electrons. The lowest BCUT2D eigenvalue weighted by Crippen LogP contribution is -2.10. The van der Waals surface area contributed by atoms with E-state index in [1.807, 2.05) is 13.8 Å². The number of aromatic nitrogens is 4. The molecule has 94 valence electrons. The fourth-order valence-corrected chi connectivity index (χ4v) is 1.34. The van der Waals surface area contributed by atoms with E-state index in [-0.39, 0.29) is 17.8 Å². The molecule has 1 aromatic heterocycles. The molecule has 0 saturated carbocycles. The Morgan fingerprint density at radius 1 is 1.33 bits per heavy atom. The van der Waals surface area contributed by atoms with E-state index in [1.165, 1.54) is 16.8 Å². The predicted octanol–water partition coefficient (Wildman–Crippen LogP) is 1.36. The summed E-state index contributed by atoms with van der Waals surface area (Å²) >= 11 is 0. The summed E-state index contributed by atoms with van der Waals surface area (Å²) in [6.45, 7) is 3.71. The van der Waals surface area contributed by atoms with Crippen LogP contribution in [-0.2, 0) is 0 Å². The zero-order valence-corrected chi connectivity index (χ0v) is 9.85. The largest absolute Gasteiger partial charge is 0.460 e. The first kappa shape index (κ1) is 12.0. The summed E-state index contributed by atoms with van der Waals surface area (Å²) in [5, 5.41) is 21.6. The minimum absolute atomic E-state index is 0.0122. The van der Waals surface area contributed by atoms with Crippen LogP contribution in [0.15, 0.2) is 24.3 Å². The van der Waals surface area contributed by atoms with Gasteiger partial charge < -0.3 is 4.74 Å². The number of nitrogens with zero attached hydrogens (tertiary/aromatic N) is 5. The summed E-state index contributed by atoms with van der Waals surface area (Å²) in [7, 11) is 0. The Labute approximate surface area is 102 Å². The topological polar surface area (TPSA) is 96.0 Å².